The normalized spacial score (nSPS) is 11.0. The van der Waals surface area contributed by atoms with E-state index in [2.05, 4.69) is 4.98 Å². The third-order valence-electron chi connectivity index (χ3n) is 3.77. The number of carbonyl (C=O) groups is 1. The first-order chi connectivity index (χ1) is 11.1. The second-order valence-electron chi connectivity index (χ2n) is 5.38. The van der Waals surface area contributed by atoms with Crippen molar-refractivity contribution in [2.45, 2.75) is 26.3 Å². The summed E-state index contributed by atoms with van der Waals surface area (Å²) in [6.45, 7) is 2.26. The van der Waals surface area contributed by atoms with E-state index in [0.29, 0.717) is 24.2 Å². The SMILES string of the molecule is Cc1nc2scc(-c3ccccc3)c2c(=O)n1CCCC(N)=O. The number of primary amides is 1. The van der Waals surface area contributed by atoms with Gasteiger partial charge in [-0.3, -0.25) is 14.2 Å². The molecule has 1 amide bonds. The van der Waals surface area contributed by atoms with Gasteiger partial charge in [-0.05, 0) is 18.9 Å². The van der Waals surface area contributed by atoms with Crippen LogP contribution in [0.5, 0.6) is 0 Å². The van der Waals surface area contributed by atoms with Gasteiger partial charge in [0.15, 0.2) is 0 Å². The molecule has 6 heteroatoms. The van der Waals surface area contributed by atoms with Gasteiger partial charge in [0.2, 0.25) is 5.91 Å². The molecule has 0 aliphatic heterocycles. The molecule has 0 aliphatic carbocycles. The fourth-order valence-electron chi connectivity index (χ4n) is 2.63. The predicted molar refractivity (Wildman–Crippen MR) is 92.5 cm³/mol. The van der Waals surface area contributed by atoms with Crippen LogP contribution in [-0.4, -0.2) is 15.5 Å². The first-order valence-corrected chi connectivity index (χ1v) is 8.28. The van der Waals surface area contributed by atoms with Crippen LogP contribution < -0.4 is 11.3 Å². The van der Waals surface area contributed by atoms with Gasteiger partial charge in [0.1, 0.15) is 10.7 Å². The van der Waals surface area contributed by atoms with E-state index < -0.39 is 0 Å². The Labute approximate surface area is 137 Å². The highest BCUT2D eigenvalue weighted by Gasteiger charge is 2.15. The highest BCUT2D eigenvalue weighted by Crippen LogP contribution is 2.30. The van der Waals surface area contributed by atoms with Crippen molar-refractivity contribution in [1.29, 1.82) is 0 Å². The van der Waals surface area contributed by atoms with Crippen LogP contribution in [0.15, 0.2) is 40.5 Å². The van der Waals surface area contributed by atoms with Crippen molar-refractivity contribution in [3.63, 3.8) is 0 Å². The monoisotopic (exact) mass is 327 g/mol. The number of nitrogens with zero attached hydrogens (tertiary/aromatic N) is 2. The van der Waals surface area contributed by atoms with E-state index in [4.69, 9.17) is 5.73 Å². The number of hydrogen-bond acceptors (Lipinski definition) is 4. The molecule has 0 unspecified atom stereocenters. The molecule has 118 valence electrons. The third-order valence-corrected chi connectivity index (χ3v) is 4.65. The second-order valence-corrected chi connectivity index (χ2v) is 6.24. The lowest BCUT2D eigenvalue weighted by Gasteiger charge is -2.09. The lowest BCUT2D eigenvalue weighted by atomic mass is 10.1. The first-order valence-electron chi connectivity index (χ1n) is 7.40. The highest BCUT2D eigenvalue weighted by atomic mass is 32.1. The summed E-state index contributed by atoms with van der Waals surface area (Å²) in [6.07, 6.45) is 0.799. The molecule has 0 fully saturated rings. The molecular weight excluding hydrogens is 310 g/mol. The maximum atomic E-state index is 12.9. The lowest BCUT2D eigenvalue weighted by molar-refractivity contribution is -0.118. The summed E-state index contributed by atoms with van der Waals surface area (Å²) in [7, 11) is 0. The maximum absolute atomic E-state index is 12.9. The number of rotatable bonds is 5. The zero-order valence-corrected chi connectivity index (χ0v) is 13.6. The number of thiophene rings is 1. The quantitative estimate of drug-likeness (QED) is 0.782. The summed E-state index contributed by atoms with van der Waals surface area (Å²) in [5.74, 6) is 0.304. The van der Waals surface area contributed by atoms with Gasteiger partial charge in [-0.15, -0.1) is 11.3 Å². The van der Waals surface area contributed by atoms with Crippen LogP contribution in [0.1, 0.15) is 18.7 Å². The van der Waals surface area contributed by atoms with Gasteiger partial charge in [-0.2, -0.15) is 0 Å². The van der Waals surface area contributed by atoms with Gasteiger partial charge in [0.05, 0.1) is 5.39 Å². The lowest BCUT2D eigenvalue weighted by Crippen LogP contribution is -2.24. The summed E-state index contributed by atoms with van der Waals surface area (Å²) in [5.41, 5.74) is 7.02. The number of benzene rings is 1. The Morgan fingerprint density at radius 1 is 1.30 bits per heavy atom. The molecule has 3 aromatic rings. The van der Waals surface area contributed by atoms with Crippen molar-refractivity contribution in [2.75, 3.05) is 0 Å². The zero-order valence-electron chi connectivity index (χ0n) is 12.8. The van der Waals surface area contributed by atoms with Crippen molar-refractivity contribution < 1.29 is 4.79 Å². The average Bonchev–Trinajstić information content (AvgIpc) is 2.95. The van der Waals surface area contributed by atoms with Crippen molar-refractivity contribution in [2.24, 2.45) is 5.73 Å². The average molecular weight is 327 g/mol. The number of fused-ring (bicyclic) bond motifs is 1. The first kappa shape index (κ1) is 15.4. The van der Waals surface area contributed by atoms with Gasteiger partial charge >= 0.3 is 0 Å². The molecule has 0 saturated carbocycles. The predicted octanol–water partition coefficient (Wildman–Crippen LogP) is 2.70. The number of amides is 1. The van der Waals surface area contributed by atoms with Crippen LogP contribution >= 0.6 is 11.3 Å². The number of hydrogen-bond donors (Lipinski definition) is 1. The van der Waals surface area contributed by atoms with E-state index in [-0.39, 0.29) is 17.9 Å². The Hall–Kier alpha value is -2.47. The van der Waals surface area contributed by atoms with Gasteiger partial charge < -0.3 is 5.73 Å². The molecule has 2 aromatic heterocycles. The minimum atomic E-state index is -0.356. The summed E-state index contributed by atoms with van der Waals surface area (Å²) < 4.78 is 1.63. The summed E-state index contributed by atoms with van der Waals surface area (Å²) >= 11 is 1.48. The molecule has 2 heterocycles. The van der Waals surface area contributed by atoms with Gasteiger partial charge in [0.25, 0.3) is 5.56 Å². The molecule has 0 atom stereocenters. The highest BCUT2D eigenvalue weighted by molar-refractivity contribution is 7.17. The molecule has 0 aliphatic rings. The maximum Gasteiger partial charge on any atom is 0.262 e. The van der Waals surface area contributed by atoms with Crippen molar-refractivity contribution in [3.8, 4) is 11.1 Å². The molecule has 23 heavy (non-hydrogen) atoms. The van der Waals surface area contributed by atoms with Crippen molar-refractivity contribution in [1.82, 2.24) is 9.55 Å². The largest absolute Gasteiger partial charge is 0.370 e. The van der Waals surface area contributed by atoms with E-state index in [1.54, 1.807) is 4.57 Å². The van der Waals surface area contributed by atoms with Gasteiger partial charge in [-0.1, -0.05) is 30.3 Å². The zero-order chi connectivity index (χ0) is 16.4. The fourth-order valence-corrected chi connectivity index (χ4v) is 3.61. The molecule has 1 aromatic carbocycles. The van der Waals surface area contributed by atoms with E-state index in [9.17, 15) is 9.59 Å². The molecule has 2 N–H and O–H groups in total. The Bertz CT molecular complexity index is 913. The smallest absolute Gasteiger partial charge is 0.262 e. The Morgan fingerprint density at radius 3 is 2.74 bits per heavy atom. The second kappa shape index (κ2) is 6.34. The van der Waals surface area contributed by atoms with E-state index in [0.717, 1.165) is 16.0 Å². The number of aryl methyl sites for hydroxylation is 1. The number of carbonyl (C=O) groups excluding carboxylic acids is 1. The van der Waals surface area contributed by atoms with Crippen LogP contribution in [0.3, 0.4) is 0 Å². The van der Waals surface area contributed by atoms with E-state index in [1.807, 2.05) is 42.6 Å². The Balaban J connectivity index is 2.09. The van der Waals surface area contributed by atoms with Crippen LogP contribution in [0.25, 0.3) is 21.3 Å². The molecular formula is C17H17N3O2S. The fraction of sp³-hybridized carbons (Fsp3) is 0.235. The van der Waals surface area contributed by atoms with Crippen LogP contribution in [0, 0.1) is 6.92 Å². The summed E-state index contributed by atoms with van der Waals surface area (Å²) in [6, 6.07) is 9.82. The topological polar surface area (TPSA) is 78.0 Å². The third kappa shape index (κ3) is 3.03. The summed E-state index contributed by atoms with van der Waals surface area (Å²) in [5, 5.41) is 2.62. The number of aromatic nitrogens is 2. The molecule has 0 spiro atoms. The van der Waals surface area contributed by atoms with E-state index in [1.165, 1.54) is 11.3 Å². The molecule has 0 saturated heterocycles. The van der Waals surface area contributed by atoms with Gasteiger partial charge in [0, 0.05) is 23.9 Å². The molecule has 5 nitrogen and oxygen atoms in total. The number of nitrogens with two attached hydrogens (primary N) is 1. The van der Waals surface area contributed by atoms with E-state index >= 15 is 0 Å². The van der Waals surface area contributed by atoms with Crippen LogP contribution in [0.2, 0.25) is 0 Å². The Morgan fingerprint density at radius 2 is 2.04 bits per heavy atom. The Kier molecular flexibility index (Phi) is 4.25. The molecule has 3 rings (SSSR count). The van der Waals surface area contributed by atoms with Crippen molar-refractivity contribution in [3.05, 3.63) is 51.9 Å². The molecule has 0 bridgehead atoms. The standard InChI is InChI=1S/C17H17N3O2S/c1-11-19-16-15(17(22)20(11)9-5-8-14(18)21)13(10-23-16)12-6-3-2-4-7-12/h2-4,6-7,10H,5,8-9H2,1H3,(H2,18,21). The van der Waals surface area contributed by atoms with Gasteiger partial charge in [-0.25, -0.2) is 4.98 Å². The minimum Gasteiger partial charge on any atom is -0.370 e. The minimum absolute atomic E-state index is 0.0583. The molecule has 0 radical (unpaired) electrons. The summed E-state index contributed by atoms with van der Waals surface area (Å²) in [4.78, 5) is 29.1. The van der Waals surface area contributed by atoms with Crippen LogP contribution in [-0.2, 0) is 11.3 Å². The van der Waals surface area contributed by atoms with Crippen molar-refractivity contribution >= 4 is 27.5 Å². The van der Waals surface area contributed by atoms with Crippen LogP contribution in [0.4, 0.5) is 0 Å².